The number of nitrogens with two attached hydrogens (primary N) is 1. The van der Waals surface area contributed by atoms with Gasteiger partial charge in [-0.25, -0.2) is 9.59 Å². The minimum atomic E-state index is -0.761. The molecule has 140 valence electrons. The molecule has 8 nitrogen and oxygen atoms in total. The fraction of sp³-hybridized carbons (Fsp3) is 0.263. The highest BCUT2D eigenvalue weighted by Gasteiger charge is 2.36. The van der Waals surface area contributed by atoms with Crippen LogP contribution >= 0.6 is 0 Å². The summed E-state index contributed by atoms with van der Waals surface area (Å²) in [4.78, 5) is 28.0. The molecule has 8 heteroatoms. The predicted molar refractivity (Wildman–Crippen MR) is 94.3 cm³/mol. The molecule has 1 aliphatic rings. The van der Waals surface area contributed by atoms with Crippen LogP contribution in [0.15, 0.2) is 59.5 Å². The van der Waals surface area contributed by atoms with Gasteiger partial charge in [-0.05, 0) is 25.5 Å². The molecule has 2 N–H and O–H groups in total. The third kappa shape index (κ3) is 4.52. The molecule has 0 amide bonds. The molecule has 0 bridgehead atoms. The van der Waals surface area contributed by atoms with Crippen molar-refractivity contribution in [3.63, 3.8) is 0 Å². The lowest BCUT2D eigenvalue weighted by atomic mass is 9.84. The lowest BCUT2D eigenvalue weighted by molar-refractivity contribution is -0.147. The van der Waals surface area contributed by atoms with Gasteiger partial charge >= 0.3 is 11.9 Å². The zero-order valence-corrected chi connectivity index (χ0v) is 15.0. The second-order valence-electron chi connectivity index (χ2n) is 5.73. The van der Waals surface area contributed by atoms with Gasteiger partial charge in [0.2, 0.25) is 5.88 Å². The number of pyridine rings is 1. The zero-order chi connectivity index (χ0) is 20.0. The maximum Gasteiger partial charge on any atom is 0.338 e. The molecule has 1 unspecified atom stereocenters. The first-order valence-electron chi connectivity index (χ1n) is 8.04. The molecule has 1 atom stereocenters. The quantitative estimate of drug-likeness (QED) is 0.457. The van der Waals surface area contributed by atoms with Crippen LogP contribution in [0.3, 0.4) is 0 Å². The van der Waals surface area contributed by atoms with Crippen molar-refractivity contribution in [2.45, 2.75) is 19.8 Å². The molecule has 0 saturated heterocycles. The molecule has 0 aromatic carbocycles. The average molecular weight is 369 g/mol. The number of ether oxygens (including phenoxy) is 3. The van der Waals surface area contributed by atoms with Crippen LogP contribution in [0.2, 0.25) is 0 Å². The molecule has 1 aromatic rings. The van der Waals surface area contributed by atoms with Gasteiger partial charge in [-0.2, -0.15) is 5.26 Å². The van der Waals surface area contributed by atoms with Crippen LogP contribution in [-0.2, 0) is 23.8 Å². The average Bonchev–Trinajstić information content (AvgIpc) is 2.64. The fourth-order valence-corrected chi connectivity index (χ4v) is 2.50. The number of carbonyl (C=O) groups is 2. The lowest BCUT2D eigenvalue weighted by Crippen LogP contribution is -2.26. The zero-order valence-electron chi connectivity index (χ0n) is 15.0. The van der Waals surface area contributed by atoms with Gasteiger partial charge in [0.05, 0.1) is 11.5 Å². The van der Waals surface area contributed by atoms with Gasteiger partial charge < -0.3 is 19.9 Å². The Morgan fingerprint density at radius 2 is 2.11 bits per heavy atom. The lowest BCUT2D eigenvalue weighted by Gasteiger charge is -2.26. The maximum absolute atomic E-state index is 12.6. The summed E-state index contributed by atoms with van der Waals surface area (Å²) < 4.78 is 15.4. The van der Waals surface area contributed by atoms with E-state index < -0.39 is 17.9 Å². The second-order valence-corrected chi connectivity index (χ2v) is 5.73. The standard InChI is InChI=1S/C19H19N3O5/c1-11(2)18(23)25-7-8-26-19(24)15-12(3)27-17(21)14(9-20)16(15)13-5-4-6-22-10-13/h4-6,10,16H,1,7-8,21H2,2-3H3. The summed E-state index contributed by atoms with van der Waals surface area (Å²) in [5.74, 6) is -1.88. The summed E-state index contributed by atoms with van der Waals surface area (Å²) in [7, 11) is 0. The van der Waals surface area contributed by atoms with E-state index in [9.17, 15) is 14.9 Å². The number of rotatable bonds is 6. The molecule has 1 aliphatic heterocycles. The number of hydrogen-bond acceptors (Lipinski definition) is 8. The normalized spacial score (nSPS) is 16.3. The number of carbonyl (C=O) groups excluding carboxylic acids is 2. The van der Waals surface area contributed by atoms with Crippen molar-refractivity contribution in [1.82, 2.24) is 4.98 Å². The van der Waals surface area contributed by atoms with Gasteiger partial charge in [0.15, 0.2) is 0 Å². The first-order chi connectivity index (χ1) is 12.9. The van der Waals surface area contributed by atoms with Gasteiger partial charge in [0.25, 0.3) is 0 Å². The molecule has 0 saturated carbocycles. The van der Waals surface area contributed by atoms with Crippen LogP contribution < -0.4 is 5.73 Å². The third-order valence-corrected chi connectivity index (χ3v) is 3.74. The Morgan fingerprint density at radius 1 is 1.41 bits per heavy atom. The Bertz CT molecular complexity index is 865. The SMILES string of the molecule is C=C(C)C(=O)OCCOC(=O)C1=C(C)OC(N)=C(C#N)C1c1cccnc1. The van der Waals surface area contributed by atoms with Crippen molar-refractivity contribution in [2.75, 3.05) is 13.2 Å². The summed E-state index contributed by atoms with van der Waals surface area (Å²) in [5, 5.41) is 9.48. The van der Waals surface area contributed by atoms with E-state index in [4.69, 9.17) is 19.9 Å². The van der Waals surface area contributed by atoms with Crippen molar-refractivity contribution in [1.29, 1.82) is 5.26 Å². The van der Waals surface area contributed by atoms with Crippen molar-refractivity contribution >= 4 is 11.9 Å². The fourth-order valence-electron chi connectivity index (χ4n) is 2.50. The molecule has 2 rings (SSSR count). The van der Waals surface area contributed by atoms with Gasteiger partial charge in [-0.1, -0.05) is 12.6 Å². The highest BCUT2D eigenvalue weighted by atomic mass is 16.6. The van der Waals surface area contributed by atoms with E-state index in [2.05, 4.69) is 11.6 Å². The van der Waals surface area contributed by atoms with Crippen LogP contribution in [-0.4, -0.2) is 30.1 Å². The van der Waals surface area contributed by atoms with Crippen LogP contribution in [0.5, 0.6) is 0 Å². The molecule has 0 aliphatic carbocycles. The van der Waals surface area contributed by atoms with Gasteiger partial charge in [-0.3, -0.25) is 4.98 Å². The number of nitrogens with zero attached hydrogens (tertiary/aromatic N) is 2. The highest BCUT2D eigenvalue weighted by molar-refractivity contribution is 5.92. The maximum atomic E-state index is 12.6. The Balaban J connectivity index is 2.20. The molecule has 0 radical (unpaired) electrons. The van der Waals surface area contributed by atoms with Crippen molar-refractivity contribution < 1.29 is 23.8 Å². The van der Waals surface area contributed by atoms with Gasteiger partial charge in [-0.15, -0.1) is 0 Å². The third-order valence-electron chi connectivity index (χ3n) is 3.74. The Labute approximate surface area is 156 Å². The number of allylic oxidation sites excluding steroid dienone is 2. The molecular weight excluding hydrogens is 350 g/mol. The van der Waals surface area contributed by atoms with E-state index in [1.807, 2.05) is 6.07 Å². The van der Waals surface area contributed by atoms with Crippen molar-refractivity contribution in [3.05, 3.63) is 65.0 Å². The minimum absolute atomic E-state index is 0.0733. The molecular formula is C19H19N3O5. The van der Waals surface area contributed by atoms with Crippen molar-refractivity contribution in [2.24, 2.45) is 5.73 Å². The summed E-state index contributed by atoms with van der Waals surface area (Å²) in [6, 6.07) is 5.39. The number of hydrogen-bond donors (Lipinski definition) is 1. The number of aromatic nitrogens is 1. The largest absolute Gasteiger partial charge is 0.459 e. The Hall–Kier alpha value is -3.60. The molecule has 0 fully saturated rings. The van der Waals surface area contributed by atoms with Gasteiger partial charge in [0.1, 0.15) is 30.6 Å². The van der Waals surface area contributed by atoms with Crippen LogP contribution in [0.1, 0.15) is 25.3 Å². The van der Waals surface area contributed by atoms with E-state index in [1.165, 1.54) is 13.1 Å². The first-order valence-corrected chi connectivity index (χ1v) is 8.04. The minimum Gasteiger partial charge on any atom is -0.459 e. The molecule has 2 heterocycles. The summed E-state index contributed by atoms with van der Waals surface area (Å²) >= 11 is 0. The Morgan fingerprint density at radius 3 is 2.70 bits per heavy atom. The first kappa shape index (κ1) is 19.7. The van der Waals surface area contributed by atoms with Crippen molar-refractivity contribution in [3.8, 4) is 6.07 Å². The van der Waals surface area contributed by atoms with E-state index in [-0.39, 0.29) is 41.6 Å². The van der Waals surface area contributed by atoms with Gasteiger partial charge in [0, 0.05) is 18.0 Å². The molecule has 27 heavy (non-hydrogen) atoms. The predicted octanol–water partition coefficient (Wildman–Crippen LogP) is 1.83. The Kier molecular flexibility index (Phi) is 6.33. The second kappa shape index (κ2) is 8.67. The molecule has 1 aromatic heterocycles. The highest BCUT2D eigenvalue weighted by Crippen LogP contribution is 2.39. The topological polar surface area (TPSA) is 125 Å². The van der Waals surface area contributed by atoms with Crippen LogP contribution in [0.25, 0.3) is 0 Å². The molecule has 0 spiro atoms. The van der Waals surface area contributed by atoms with Crippen LogP contribution in [0.4, 0.5) is 0 Å². The van der Waals surface area contributed by atoms with E-state index >= 15 is 0 Å². The summed E-state index contributed by atoms with van der Waals surface area (Å²) in [5.41, 5.74) is 6.89. The van der Waals surface area contributed by atoms with E-state index in [0.29, 0.717) is 5.56 Å². The van der Waals surface area contributed by atoms with E-state index in [0.717, 1.165) is 0 Å². The smallest absolute Gasteiger partial charge is 0.338 e. The number of esters is 2. The van der Waals surface area contributed by atoms with E-state index in [1.54, 1.807) is 25.3 Å². The summed E-state index contributed by atoms with van der Waals surface area (Å²) in [6.45, 7) is 6.26. The summed E-state index contributed by atoms with van der Waals surface area (Å²) in [6.07, 6.45) is 3.11. The van der Waals surface area contributed by atoms with Crippen LogP contribution in [0, 0.1) is 11.3 Å². The number of nitriles is 1. The monoisotopic (exact) mass is 369 g/mol.